The largest absolute Gasteiger partial charge is 0.384 e. The van der Waals surface area contributed by atoms with Crippen LogP contribution in [0.1, 0.15) is 18.7 Å². The zero-order valence-electron chi connectivity index (χ0n) is 8.63. The molecule has 1 unspecified atom stereocenters. The van der Waals surface area contributed by atoms with Crippen LogP contribution in [0.2, 0.25) is 0 Å². The molecule has 0 aliphatic heterocycles. The van der Waals surface area contributed by atoms with Crippen molar-refractivity contribution < 1.29 is 9.84 Å². The molecule has 0 aliphatic carbocycles. The van der Waals surface area contributed by atoms with Crippen LogP contribution in [0.5, 0.6) is 0 Å². The molecule has 1 N–H and O–H groups in total. The van der Waals surface area contributed by atoms with Crippen LogP contribution in [0.4, 0.5) is 0 Å². The SMILES string of the molecule is CCOCC(O)c1cn2ccccc2n1. The summed E-state index contributed by atoms with van der Waals surface area (Å²) in [6.07, 6.45) is 3.07. The molecule has 0 radical (unpaired) electrons. The van der Waals surface area contributed by atoms with Crippen molar-refractivity contribution in [1.82, 2.24) is 9.38 Å². The number of imidazole rings is 1. The van der Waals surface area contributed by atoms with Crippen molar-refractivity contribution in [2.45, 2.75) is 13.0 Å². The molecule has 80 valence electrons. The fourth-order valence-corrected chi connectivity index (χ4v) is 1.43. The Morgan fingerprint density at radius 3 is 3.13 bits per heavy atom. The van der Waals surface area contributed by atoms with Gasteiger partial charge >= 0.3 is 0 Å². The number of rotatable bonds is 4. The number of ether oxygens (including phenoxy) is 1. The van der Waals surface area contributed by atoms with Crippen LogP contribution in [0.25, 0.3) is 5.65 Å². The molecule has 1 atom stereocenters. The van der Waals surface area contributed by atoms with Gasteiger partial charge in [0.05, 0.1) is 12.3 Å². The van der Waals surface area contributed by atoms with Crippen molar-refractivity contribution in [2.75, 3.05) is 13.2 Å². The Morgan fingerprint density at radius 1 is 1.53 bits per heavy atom. The minimum atomic E-state index is -0.648. The van der Waals surface area contributed by atoms with Crippen molar-refractivity contribution in [3.05, 3.63) is 36.3 Å². The van der Waals surface area contributed by atoms with Crippen LogP contribution in [0.3, 0.4) is 0 Å². The number of hydrogen-bond donors (Lipinski definition) is 1. The van der Waals surface area contributed by atoms with Crippen molar-refractivity contribution >= 4 is 5.65 Å². The number of pyridine rings is 1. The van der Waals surface area contributed by atoms with Gasteiger partial charge in [-0.3, -0.25) is 0 Å². The molecule has 4 nitrogen and oxygen atoms in total. The lowest BCUT2D eigenvalue weighted by molar-refractivity contribution is 0.0400. The molecule has 4 heteroatoms. The monoisotopic (exact) mass is 206 g/mol. The third-order valence-corrected chi connectivity index (χ3v) is 2.20. The molecule has 0 aliphatic rings. The van der Waals surface area contributed by atoms with Crippen LogP contribution in [-0.4, -0.2) is 27.7 Å². The molecular weight excluding hydrogens is 192 g/mol. The van der Waals surface area contributed by atoms with Crippen LogP contribution in [0.15, 0.2) is 30.6 Å². The summed E-state index contributed by atoms with van der Waals surface area (Å²) in [6, 6.07) is 5.74. The van der Waals surface area contributed by atoms with E-state index in [0.29, 0.717) is 18.9 Å². The zero-order valence-corrected chi connectivity index (χ0v) is 8.63. The highest BCUT2D eigenvalue weighted by Gasteiger charge is 2.11. The van der Waals surface area contributed by atoms with Gasteiger partial charge in [0.15, 0.2) is 0 Å². The molecule has 15 heavy (non-hydrogen) atoms. The average Bonchev–Trinajstić information content (AvgIpc) is 2.69. The molecule has 0 spiro atoms. The Labute approximate surface area is 88.1 Å². The Bertz CT molecular complexity index is 406. The second-order valence-electron chi connectivity index (χ2n) is 3.31. The first-order chi connectivity index (χ1) is 7.31. The minimum absolute atomic E-state index is 0.292. The van der Waals surface area contributed by atoms with Crippen LogP contribution in [-0.2, 0) is 4.74 Å². The highest BCUT2D eigenvalue weighted by molar-refractivity contribution is 5.39. The summed E-state index contributed by atoms with van der Waals surface area (Å²) in [5, 5.41) is 9.75. The second kappa shape index (κ2) is 4.42. The maximum absolute atomic E-state index is 9.75. The lowest BCUT2D eigenvalue weighted by Crippen LogP contribution is -2.07. The summed E-state index contributed by atoms with van der Waals surface area (Å²) in [7, 11) is 0. The summed E-state index contributed by atoms with van der Waals surface area (Å²) in [4.78, 5) is 4.30. The first-order valence-corrected chi connectivity index (χ1v) is 5.00. The summed E-state index contributed by atoms with van der Waals surface area (Å²) in [5.41, 5.74) is 1.48. The number of aromatic nitrogens is 2. The van der Waals surface area contributed by atoms with Gasteiger partial charge in [-0.05, 0) is 19.1 Å². The first kappa shape index (κ1) is 10.1. The standard InChI is InChI=1S/C11H14N2O2/c1-2-15-8-10(14)9-7-13-6-4-3-5-11(13)12-9/h3-7,10,14H,2,8H2,1H3. The Balaban J connectivity index is 2.20. The molecule has 0 aromatic carbocycles. The smallest absolute Gasteiger partial charge is 0.137 e. The van der Waals surface area contributed by atoms with E-state index in [4.69, 9.17) is 4.74 Å². The van der Waals surface area contributed by atoms with Crippen LogP contribution < -0.4 is 0 Å². The maximum Gasteiger partial charge on any atom is 0.137 e. The average molecular weight is 206 g/mol. The fraction of sp³-hybridized carbons (Fsp3) is 0.364. The molecule has 0 bridgehead atoms. The minimum Gasteiger partial charge on any atom is -0.384 e. The van der Waals surface area contributed by atoms with E-state index in [1.807, 2.05) is 41.9 Å². The zero-order chi connectivity index (χ0) is 10.7. The fourth-order valence-electron chi connectivity index (χ4n) is 1.43. The van der Waals surface area contributed by atoms with E-state index in [2.05, 4.69) is 4.98 Å². The van der Waals surface area contributed by atoms with Gasteiger partial charge in [0.1, 0.15) is 11.8 Å². The van der Waals surface area contributed by atoms with Gasteiger partial charge < -0.3 is 14.2 Å². The van der Waals surface area contributed by atoms with Gasteiger partial charge in [-0.25, -0.2) is 4.98 Å². The third kappa shape index (κ3) is 2.16. The Hall–Kier alpha value is -1.39. The summed E-state index contributed by atoms with van der Waals surface area (Å²) < 4.78 is 7.03. The van der Waals surface area contributed by atoms with Crippen molar-refractivity contribution in [3.63, 3.8) is 0 Å². The lowest BCUT2D eigenvalue weighted by atomic mass is 10.3. The number of hydrogen-bond acceptors (Lipinski definition) is 3. The quantitative estimate of drug-likeness (QED) is 0.822. The number of aliphatic hydroxyl groups is 1. The van der Waals surface area contributed by atoms with Crippen molar-refractivity contribution in [2.24, 2.45) is 0 Å². The molecule has 2 aromatic rings. The predicted octanol–water partition coefficient (Wildman–Crippen LogP) is 1.40. The van der Waals surface area contributed by atoms with Crippen LogP contribution in [0, 0.1) is 0 Å². The number of nitrogens with zero attached hydrogens (tertiary/aromatic N) is 2. The van der Waals surface area contributed by atoms with Crippen molar-refractivity contribution in [3.8, 4) is 0 Å². The Morgan fingerprint density at radius 2 is 2.40 bits per heavy atom. The van der Waals surface area contributed by atoms with E-state index < -0.39 is 6.10 Å². The first-order valence-electron chi connectivity index (χ1n) is 5.00. The molecule has 2 rings (SSSR count). The number of fused-ring (bicyclic) bond motifs is 1. The third-order valence-electron chi connectivity index (χ3n) is 2.20. The lowest BCUT2D eigenvalue weighted by Gasteiger charge is -2.06. The molecule has 0 saturated heterocycles. The molecule has 2 heterocycles. The normalized spacial score (nSPS) is 13.2. The molecular formula is C11H14N2O2. The van der Waals surface area contributed by atoms with Gasteiger partial charge in [0.2, 0.25) is 0 Å². The van der Waals surface area contributed by atoms with Crippen molar-refractivity contribution in [1.29, 1.82) is 0 Å². The van der Waals surface area contributed by atoms with E-state index in [-0.39, 0.29) is 0 Å². The molecule has 0 amide bonds. The highest BCUT2D eigenvalue weighted by Crippen LogP contribution is 2.13. The second-order valence-corrected chi connectivity index (χ2v) is 3.31. The molecule has 0 fully saturated rings. The van der Waals surface area contributed by atoms with E-state index in [1.54, 1.807) is 0 Å². The number of aliphatic hydroxyl groups excluding tert-OH is 1. The van der Waals surface area contributed by atoms with Gasteiger partial charge in [-0.2, -0.15) is 0 Å². The Kier molecular flexibility index (Phi) is 2.99. The van der Waals surface area contributed by atoms with Gasteiger partial charge in [-0.15, -0.1) is 0 Å². The van der Waals surface area contributed by atoms with E-state index in [1.165, 1.54) is 0 Å². The van der Waals surface area contributed by atoms with E-state index >= 15 is 0 Å². The van der Waals surface area contributed by atoms with Crippen LogP contribution >= 0.6 is 0 Å². The molecule has 0 saturated carbocycles. The summed E-state index contributed by atoms with van der Waals surface area (Å²) in [6.45, 7) is 2.79. The van der Waals surface area contributed by atoms with Gasteiger partial charge in [-0.1, -0.05) is 6.07 Å². The predicted molar refractivity (Wildman–Crippen MR) is 56.6 cm³/mol. The topological polar surface area (TPSA) is 46.8 Å². The maximum atomic E-state index is 9.75. The summed E-state index contributed by atoms with van der Waals surface area (Å²) >= 11 is 0. The molecule has 2 aromatic heterocycles. The summed E-state index contributed by atoms with van der Waals surface area (Å²) in [5.74, 6) is 0. The van der Waals surface area contributed by atoms with E-state index in [0.717, 1.165) is 5.65 Å². The van der Waals surface area contributed by atoms with Gasteiger partial charge in [0, 0.05) is 19.0 Å². The van der Waals surface area contributed by atoms with Gasteiger partial charge in [0.25, 0.3) is 0 Å². The highest BCUT2D eigenvalue weighted by atomic mass is 16.5. The van der Waals surface area contributed by atoms with E-state index in [9.17, 15) is 5.11 Å².